The van der Waals surface area contributed by atoms with Crippen LogP contribution >= 0.6 is 0 Å². The van der Waals surface area contributed by atoms with Gasteiger partial charge in [0.15, 0.2) is 11.6 Å². The van der Waals surface area contributed by atoms with Crippen molar-refractivity contribution in [1.82, 2.24) is 0 Å². The first-order chi connectivity index (χ1) is 5.56. The first-order valence-electron chi connectivity index (χ1n) is 4.66. The van der Waals surface area contributed by atoms with Crippen LogP contribution in [0.3, 0.4) is 0 Å². The van der Waals surface area contributed by atoms with Crippen molar-refractivity contribution in [1.29, 1.82) is 0 Å². The topological polar surface area (TPSA) is 34.1 Å². The van der Waals surface area contributed by atoms with E-state index in [1.165, 1.54) is 0 Å². The third-order valence-corrected chi connectivity index (χ3v) is 3.83. The summed E-state index contributed by atoms with van der Waals surface area (Å²) in [6.45, 7) is 10.9. The molecule has 2 heteroatoms. The van der Waals surface area contributed by atoms with E-state index in [9.17, 15) is 9.59 Å². The summed E-state index contributed by atoms with van der Waals surface area (Å²) < 4.78 is 0. The van der Waals surface area contributed by atoms with Gasteiger partial charge in [0.25, 0.3) is 0 Å². The van der Waals surface area contributed by atoms with E-state index in [0.717, 1.165) is 0 Å². The van der Waals surface area contributed by atoms with Gasteiger partial charge >= 0.3 is 0 Å². The fraction of sp³-hybridized carbons (Fsp3) is 0.818. The summed E-state index contributed by atoms with van der Waals surface area (Å²) in [7, 11) is 0. The van der Waals surface area contributed by atoms with E-state index in [1.54, 1.807) is 13.8 Å². The van der Waals surface area contributed by atoms with E-state index in [-0.39, 0.29) is 11.6 Å². The molecule has 0 N–H and O–H groups in total. The van der Waals surface area contributed by atoms with E-state index in [1.807, 2.05) is 27.7 Å². The number of rotatable bonds is 0. The molecule has 0 amide bonds. The second kappa shape index (κ2) is 2.23. The van der Waals surface area contributed by atoms with Crippen molar-refractivity contribution >= 4 is 11.6 Å². The van der Waals surface area contributed by atoms with Crippen molar-refractivity contribution in [3.05, 3.63) is 0 Å². The summed E-state index contributed by atoms with van der Waals surface area (Å²) in [5.41, 5.74) is -1.87. The third kappa shape index (κ3) is 0.946. The van der Waals surface area contributed by atoms with E-state index < -0.39 is 16.2 Å². The van der Waals surface area contributed by atoms with Crippen LogP contribution < -0.4 is 0 Å². The maximum atomic E-state index is 12.0. The zero-order chi connectivity index (χ0) is 10.7. The molecule has 74 valence electrons. The Morgan fingerprint density at radius 2 is 0.923 bits per heavy atom. The van der Waals surface area contributed by atoms with Crippen molar-refractivity contribution in [3.63, 3.8) is 0 Å². The van der Waals surface area contributed by atoms with Gasteiger partial charge in [0.1, 0.15) is 0 Å². The Labute approximate surface area is 79.7 Å². The van der Waals surface area contributed by atoms with Crippen LogP contribution in [0.15, 0.2) is 0 Å². The number of hydrogen-bond acceptors (Lipinski definition) is 2. The van der Waals surface area contributed by atoms with Gasteiger partial charge in [-0.1, -0.05) is 27.7 Å². The summed E-state index contributed by atoms with van der Waals surface area (Å²) in [5.74, 6) is 0.130. The maximum Gasteiger partial charge on any atom is 0.152 e. The molecule has 0 aromatic carbocycles. The summed E-state index contributed by atoms with van der Waals surface area (Å²) in [5, 5.41) is 0. The Morgan fingerprint density at radius 1 is 0.692 bits per heavy atom. The number of carbonyl (C=O) groups is 2. The van der Waals surface area contributed by atoms with Gasteiger partial charge in [-0.2, -0.15) is 0 Å². The van der Waals surface area contributed by atoms with Crippen LogP contribution in [0.4, 0.5) is 0 Å². The molecule has 0 radical (unpaired) electrons. The quantitative estimate of drug-likeness (QED) is 0.538. The molecule has 0 aliphatic heterocycles. The van der Waals surface area contributed by atoms with E-state index >= 15 is 0 Å². The third-order valence-electron chi connectivity index (χ3n) is 3.83. The Morgan fingerprint density at radius 3 is 1.00 bits per heavy atom. The summed E-state index contributed by atoms with van der Waals surface area (Å²) in [4.78, 5) is 23.9. The minimum absolute atomic E-state index is 0.0648. The molecule has 1 rings (SSSR count). The molecule has 1 aliphatic carbocycles. The van der Waals surface area contributed by atoms with E-state index in [2.05, 4.69) is 0 Å². The van der Waals surface area contributed by atoms with Crippen LogP contribution in [0.1, 0.15) is 41.5 Å². The largest absolute Gasteiger partial charge is 0.298 e. The summed E-state index contributed by atoms with van der Waals surface area (Å²) in [6.07, 6.45) is 0. The highest BCUT2D eigenvalue weighted by Gasteiger charge is 2.63. The standard InChI is InChI=1S/C11H18O2/c1-9(2)7(12)10(3,4)11(5,6)8(9)13/h1-6H3. The molecular formula is C11H18O2. The fourth-order valence-corrected chi connectivity index (χ4v) is 2.23. The average molecular weight is 182 g/mol. The average Bonchev–Trinajstić information content (AvgIpc) is 2.05. The van der Waals surface area contributed by atoms with Gasteiger partial charge in [-0.25, -0.2) is 0 Å². The van der Waals surface area contributed by atoms with E-state index in [4.69, 9.17) is 0 Å². The highest BCUT2D eigenvalue weighted by molar-refractivity contribution is 6.17. The van der Waals surface area contributed by atoms with Crippen molar-refractivity contribution in [2.45, 2.75) is 41.5 Å². The molecule has 0 heterocycles. The van der Waals surface area contributed by atoms with Gasteiger partial charge in [0.2, 0.25) is 0 Å². The van der Waals surface area contributed by atoms with Crippen LogP contribution in [0.2, 0.25) is 0 Å². The van der Waals surface area contributed by atoms with Gasteiger partial charge in [-0.3, -0.25) is 9.59 Å². The molecule has 0 aromatic heterocycles. The number of carbonyl (C=O) groups excluding carboxylic acids is 2. The minimum atomic E-state index is -0.799. The molecule has 0 saturated heterocycles. The lowest BCUT2D eigenvalue weighted by Crippen LogP contribution is -2.35. The lowest BCUT2D eigenvalue weighted by atomic mass is 9.70. The SMILES string of the molecule is CC1(C)C(=O)C(C)(C)C(C)(C)C1=O. The molecule has 13 heavy (non-hydrogen) atoms. The van der Waals surface area contributed by atoms with Gasteiger partial charge in [-0.05, 0) is 13.8 Å². The predicted molar refractivity (Wildman–Crippen MR) is 51.4 cm³/mol. The predicted octanol–water partition coefficient (Wildman–Crippen LogP) is 2.22. The molecule has 1 fully saturated rings. The maximum absolute atomic E-state index is 12.0. The van der Waals surface area contributed by atoms with Crippen LogP contribution in [-0.2, 0) is 9.59 Å². The van der Waals surface area contributed by atoms with Crippen molar-refractivity contribution in [2.75, 3.05) is 0 Å². The van der Waals surface area contributed by atoms with Crippen molar-refractivity contribution in [2.24, 2.45) is 16.2 Å². The van der Waals surface area contributed by atoms with Gasteiger partial charge < -0.3 is 0 Å². The first-order valence-corrected chi connectivity index (χ1v) is 4.66. The summed E-state index contributed by atoms with van der Waals surface area (Å²) >= 11 is 0. The second-order valence-electron chi connectivity index (χ2n) is 5.53. The Kier molecular flexibility index (Phi) is 1.78. The van der Waals surface area contributed by atoms with Crippen LogP contribution in [0, 0.1) is 16.2 Å². The Balaban J connectivity index is 3.38. The highest BCUT2D eigenvalue weighted by atomic mass is 16.2. The molecule has 0 spiro atoms. The molecule has 0 aromatic rings. The molecule has 0 atom stereocenters. The van der Waals surface area contributed by atoms with E-state index in [0.29, 0.717) is 0 Å². The second-order valence-corrected chi connectivity index (χ2v) is 5.53. The highest BCUT2D eigenvalue weighted by Crippen LogP contribution is 2.54. The smallest absolute Gasteiger partial charge is 0.152 e. The van der Waals surface area contributed by atoms with Crippen LogP contribution in [-0.4, -0.2) is 11.6 Å². The zero-order valence-corrected chi connectivity index (χ0v) is 9.32. The molecule has 2 nitrogen and oxygen atoms in total. The fourth-order valence-electron chi connectivity index (χ4n) is 2.23. The van der Waals surface area contributed by atoms with Gasteiger partial charge in [0, 0.05) is 10.8 Å². The Hall–Kier alpha value is -0.660. The molecule has 1 saturated carbocycles. The molecule has 0 bridgehead atoms. The first kappa shape index (κ1) is 10.4. The summed E-state index contributed by atoms with van der Waals surface area (Å²) in [6, 6.07) is 0. The lowest BCUT2D eigenvalue weighted by molar-refractivity contribution is -0.135. The van der Waals surface area contributed by atoms with Crippen LogP contribution in [0.25, 0.3) is 0 Å². The van der Waals surface area contributed by atoms with Gasteiger partial charge in [0.05, 0.1) is 5.41 Å². The number of Topliss-reactive ketones (excluding diaryl/α,β-unsaturated/α-hetero) is 2. The number of ketones is 2. The van der Waals surface area contributed by atoms with Crippen molar-refractivity contribution in [3.8, 4) is 0 Å². The van der Waals surface area contributed by atoms with Crippen molar-refractivity contribution < 1.29 is 9.59 Å². The Bertz CT molecular complexity index is 254. The minimum Gasteiger partial charge on any atom is -0.298 e. The lowest BCUT2D eigenvalue weighted by Gasteiger charge is -2.30. The monoisotopic (exact) mass is 182 g/mol. The van der Waals surface area contributed by atoms with Crippen LogP contribution in [0.5, 0.6) is 0 Å². The molecule has 0 unspecified atom stereocenters. The van der Waals surface area contributed by atoms with Gasteiger partial charge in [-0.15, -0.1) is 0 Å². The normalized spacial score (nSPS) is 29.4. The molecule has 1 aliphatic rings. The number of hydrogen-bond donors (Lipinski definition) is 0. The molecular weight excluding hydrogens is 164 g/mol. The zero-order valence-electron chi connectivity index (χ0n) is 9.32.